The number of alkyl halides is 3. The van der Waals surface area contributed by atoms with Gasteiger partial charge >= 0.3 is 6.18 Å². The minimum absolute atomic E-state index is 0.151. The molecule has 8 heteroatoms. The Labute approximate surface area is 142 Å². The fraction of sp³-hybridized carbons (Fsp3) is 0.562. The van der Waals surface area contributed by atoms with Crippen LogP contribution < -0.4 is 0 Å². The molecule has 0 unspecified atom stereocenters. The lowest BCUT2D eigenvalue weighted by atomic mass is 10.1. The van der Waals surface area contributed by atoms with Crippen LogP contribution in [0.1, 0.15) is 11.1 Å². The largest absolute Gasteiger partial charge is 0.416 e. The molecular formula is C16H20F3N3OS. The summed E-state index contributed by atoms with van der Waals surface area (Å²) in [7, 11) is 2.10. The third-order valence-corrected chi connectivity index (χ3v) is 5.02. The van der Waals surface area contributed by atoms with Gasteiger partial charge in [0, 0.05) is 38.3 Å². The zero-order valence-electron chi connectivity index (χ0n) is 13.5. The highest BCUT2D eigenvalue weighted by molar-refractivity contribution is 7.16. The molecule has 1 saturated heterocycles. The standard InChI is InChI=1S/C16H20F3N3OS/c1-21-2-4-22(5-3-21)6-7-23-10-12-8-13(16(17,18)19)9-14-15(12)20-11-24-14/h8-9,11H,2-7,10H2,1H3. The van der Waals surface area contributed by atoms with E-state index in [1.54, 1.807) is 5.51 Å². The highest BCUT2D eigenvalue weighted by atomic mass is 32.1. The minimum Gasteiger partial charge on any atom is -0.375 e. The summed E-state index contributed by atoms with van der Waals surface area (Å²) in [5.74, 6) is 0. The lowest BCUT2D eigenvalue weighted by molar-refractivity contribution is -0.137. The van der Waals surface area contributed by atoms with Gasteiger partial charge in [-0.1, -0.05) is 0 Å². The second-order valence-electron chi connectivity index (χ2n) is 6.03. The molecule has 1 aromatic carbocycles. The molecule has 0 aliphatic carbocycles. The van der Waals surface area contributed by atoms with Crippen LogP contribution in [0.5, 0.6) is 0 Å². The van der Waals surface area contributed by atoms with E-state index in [4.69, 9.17) is 4.74 Å². The smallest absolute Gasteiger partial charge is 0.375 e. The van der Waals surface area contributed by atoms with E-state index in [1.807, 2.05) is 0 Å². The monoisotopic (exact) mass is 359 g/mol. The molecule has 24 heavy (non-hydrogen) atoms. The molecule has 0 spiro atoms. The molecule has 2 aromatic rings. The first-order valence-electron chi connectivity index (χ1n) is 7.85. The highest BCUT2D eigenvalue weighted by Gasteiger charge is 2.31. The predicted octanol–water partition coefficient (Wildman–Crippen LogP) is 3.08. The van der Waals surface area contributed by atoms with Crippen LogP contribution in [0.2, 0.25) is 0 Å². The Morgan fingerprint density at radius 1 is 1.21 bits per heavy atom. The fourth-order valence-electron chi connectivity index (χ4n) is 2.76. The number of ether oxygens (including phenoxy) is 1. The molecule has 0 saturated carbocycles. The van der Waals surface area contributed by atoms with Crippen molar-refractivity contribution in [1.82, 2.24) is 14.8 Å². The number of aromatic nitrogens is 1. The second-order valence-corrected chi connectivity index (χ2v) is 6.92. The van der Waals surface area contributed by atoms with Gasteiger partial charge in [-0.2, -0.15) is 13.2 Å². The van der Waals surface area contributed by atoms with Crippen molar-refractivity contribution in [2.75, 3.05) is 46.4 Å². The minimum atomic E-state index is -4.35. The van der Waals surface area contributed by atoms with Crippen molar-refractivity contribution in [1.29, 1.82) is 0 Å². The second kappa shape index (κ2) is 7.35. The number of halogens is 3. The number of benzene rings is 1. The summed E-state index contributed by atoms with van der Waals surface area (Å²) in [5.41, 5.74) is 2.03. The topological polar surface area (TPSA) is 28.6 Å². The molecule has 1 aliphatic heterocycles. The van der Waals surface area contributed by atoms with Crippen LogP contribution in [0.3, 0.4) is 0 Å². The maximum absolute atomic E-state index is 13.0. The van der Waals surface area contributed by atoms with E-state index in [1.165, 1.54) is 11.3 Å². The number of rotatable bonds is 5. The fourth-order valence-corrected chi connectivity index (χ4v) is 3.52. The van der Waals surface area contributed by atoms with Crippen LogP contribution in [0.25, 0.3) is 10.2 Å². The van der Waals surface area contributed by atoms with Crippen molar-refractivity contribution in [3.8, 4) is 0 Å². The molecular weight excluding hydrogens is 339 g/mol. The summed E-state index contributed by atoms with van der Waals surface area (Å²) >= 11 is 1.21. The van der Waals surface area contributed by atoms with Gasteiger partial charge in [0.15, 0.2) is 0 Å². The summed E-state index contributed by atoms with van der Waals surface area (Å²) in [6, 6.07) is 2.30. The van der Waals surface area contributed by atoms with Crippen LogP contribution in [0, 0.1) is 0 Å². The normalized spacial score (nSPS) is 17.7. The third kappa shape index (κ3) is 4.24. The van der Waals surface area contributed by atoms with Crippen LogP contribution in [0.15, 0.2) is 17.6 Å². The maximum Gasteiger partial charge on any atom is 0.416 e. The van der Waals surface area contributed by atoms with Gasteiger partial charge in [0.2, 0.25) is 0 Å². The Morgan fingerprint density at radius 2 is 1.96 bits per heavy atom. The van der Waals surface area contributed by atoms with Gasteiger partial charge in [-0.05, 0) is 19.2 Å². The van der Waals surface area contributed by atoms with E-state index in [-0.39, 0.29) is 6.61 Å². The summed E-state index contributed by atoms with van der Waals surface area (Å²) in [6.07, 6.45) is -4.35. The Kier molecular flexibility index (Phi) is 5.39. The first-order valence-corrected chi connectivity index (χ1v) is 8.73. The molecule has 0 N–H and O–H groups in total. The molecule has 1 aliphatic rings. The Balaban J connectivity index is 1.59. The Bertz CT molecular complexity index is 681. The predicted molar refractivity (Wildman–Crippen MR) is 88.2 cm³/mol. The van der Waals surface area contributed by atoms with Gasteiger partial charge in [-0.25, -0.2) is 4.98 Å². The zero-order valence-corrected chi connectivity index (χ0v) is 14.3. The average molecular weight is 359 g/mol. The highest BCUT2D eigenvalue weighted by Crippen LogP contribution is 2.34. The van der Waals surface area contributed by atoms with Crippen molar-refractivity contribution >= 4 is 21.6 Å². The van der Waals surface area contributed by atoms with Crippen LogP contribution in [0.4, 0.5) is 13.2 Å². The number of thiazole rings is 1. The molecule has 0 radical (unpaired) electrons. The molecule has 0 atom stereocenters. The number of piperazine rings is 1. The van der Waals surface area contributed by atoms with Crippen molar-refractivity contribution < 1.29 is 17.9 Å². The zero-order chi connectivity index (χ0) is 17.2. The van der Waals surface area contributed by atoms with Gasteiger partial charge in [0.1, 0.15) is 0 Å². The summed E-state index contributed by atoms with van der Waals surface area (Å²) in [4.78, 5) is 8.76. The number of likely N-dealkylation sites (N-methyl/N-ethyl adjacent to an activating group) is 1. The van der Waals surface area contributed by atoms with Crippen LogP contribution in [-0.4, -0.2) is 61.2 Å². The van der Waals surface area contributed by atoms with Crippen molar-refractivity contribution in [3.63, 3.8) is 0 Å². The van der Waals surface area contributed by atoms with Crippen molar-refractivity contribution in [2.45, 2.75) is 12.8 Å². The Hall–Kier alpha value is -1.22. The van der Waals surface area contributed by atoms with E-state index >= 15 is 0 Å². The van der Waals surface area contributed by atoms with Crippen LogP contribution in [-0.2, 0) is 17.5 Å². The summed E-state index contributed by atoms with van der Waals surface area (Å²) in [6.45, 7) is 5.52. The summed E-state index contributed by atoms with van der Waals surface area (Å²) in [5, 5.41) is 0. The van der Waals surface area contributed by atoms with Gasteiger partial charge in [-0.15, -0.1) is 11.3 Å². The quantitative estimate of drug-likeness (QED) is 0.767. The first kappa shape index (κ1) is 17.6. The van der Waals surface area contributed by atoms with E-state index in [9.17, 15) is 13.2 Å². The number of hydrogen-bond donors (Lipinski definition) is 0. The van der Waals surface area contributed by atoms with E-state index in [0.29, 0.717) is 22.4 Å². The molecule has 0 bridgehead atoms. The molecule has 2 heterocycles. The molecule has 1 aromatic heterocycles. The lowest BCUT2D eigenvalue weighted by Gasteiger charge is -2.32. The number of hydrogen-bond acceptors (Lipinski definition) is 5. The van der Waals surface area contributed by atoms with Crippen molar-refractivity contribution in [2.24, 2.45) is 0 Å². The third-order valence-electron chi connectivity index (χ3n) is 4.25. The Morgan fingerprint density at radius 3 is 2.67 bits per heavy atom. The number of fused-ring (bicyclic) bond motifs is 1. The molecule has 3 rings (SSSR count). The maximum atomic E-state index is 13.0. The van der Waals surface area contributed by atoms with Gasteiger partial charge < -0.3 is 9.64 Å². The number of nitrogens with zero attached hydrogens (tertiary/aromatic N) is 3. The SMILES string of the molecule is CN1CCN(CCOCc2cc(C(F)(F)F)cc3scnc23)CC1. The van der Waals surface area contributed by atoms with Crippen molar-refractivity contribution in [3.05, 3.63) is 28.8 Å². The summed E-state index contributed by atoms with van der Waals surface area (Å²) < 4.78 is 45.2. The molecule has 4 nitrogen and oxygen atoms in total. The van der Waals surface area contributed by atoms with Gasteiger partial charge in [-0.3, -0.25) is 4.90 Å². The molecule has 0 amide bonds. The van der Waals surface area contributed by atoms with Gasteiger partial charge in [0.25, 0.3) is 0 Å². The van der Waals surface area contributed by atoms with Gasteiger partial charge in [0.05, 0.1) is 34.5 Å². The average Bonchev–Trinajstić information content (AvgIpc) is 3.01. The lowest BCUT2D eigenvalue weighted by Crippen LogP contribution is -2.45. The van der Waals surface area contributed by atoms with E-state index in [2.05, 4.69) is 21.8 Å². The van der Waals surface area contributed by atoms with E-state index in [0.717, 1.165) is 44.9 Å². The van der Waals surface area contributed by atoms with E-state index < -0.39 is 11.7 Å². The molecule has 132 valence electrons. The molecule has 1 fully saturated rings. The van der Waals surface area contributed by atoms with Crippen LogP contribution >= 0.6 is 11.3 Å². The first-order chi connectivity index (χ1) is 11.4.